The molecule has 0 N–H and O–H groups in total. The van der Waals surface area contributed by atoms with Crippen LogP contribution < -0.4 is 14.4 Å². The number of benzene rings is 2. The zero-order valence-electron chi connectivity index (χ0n) is 16.8. The van der Waals surface area contributed by atoms with Crippen molar-refractivity contribution in [3.63, 3.8) is 0 Å². The van der Waals surface area contributed by atoms with Crippen LogP contribution in [-0.2, 0) is 16.1 Å². The Hall–Kier alpha value is -3.13. The fourth-order valence-electron chi connectivity index (χ4n) is 2.80. The van der Waals surface area contributed by atoms with Gasteiger partial charge in [-0.15, -0.1) is 0 Å². The molecule has 0 spiro atoms. The third-order valence-electron chi connectivity index (χ3n) is 4.31. The summed E-state index contributed by atoms with van der Waals surface area (Å²) in [5.74, 6) is -0.0584. The standard InChI is InChI=1S/C21H23N3O4S/c1-5-28-16-10-11-17-18(12-16)29-21(24(17)13-19(25)27-4)22-20(26)14-6-8-15(9-7-14)23(2)3/h6-12H,5,13H2,1-4H3. The second-order valence-electron chi connectivity index (χ2n) is 6.47. The predicted octanol–water partition coefficient (Wildman–Crippen LogP) is 3.08. The van der Waals surface area contributed by atoms with E-state index < -0.39 is 5.97 Å². The van der Waals surface area contributed by atoms with Crippen LogP contribution in [0.25, 0.3) is 10.2 Å². The topological polar surface area (TPSA) is 73.1 Å². The average molecular weight is 413 g/mol. The van der Waals surface area contributed by atoms with Gasteiger partial charge in [0.1, 0.15) is 12.3 Å². The Kier molecular flexibility index (Phi) is 6.33. The van der Waals surface area contributed by atoms with Crippen LogP contribution in [0, 0.1) is 0 Å². The molecular weight excluding hydrogens is 390 g/mol. The fraction of sp³-hybridized carbons (Fsp3) is 0.286. The summed E-state index contributed by atoms with van der Waals surface area (Å²) in [5, 5.41) is 0. The molecule has 1 aromatic heterocycles. The van der Waals surface area contributed by atoms with Crippen molar-refractivity contribution in [2.45, 2.75) is 13.5 Å². The lowest BCUT2D eigenvalue weighted by Crippen LogP contribution is -2.22. The van der Waals surface area contributed by atoms with E-state index in [0.29, 0.717) is 17.0 Å². The number of carbonyl (C=O) groups excluding carboxylic acids is 2. The number of rotatable bonds is 6. The van der Waals surface area contributed by atoms with Crippen molar-refractivity contribution >= 4 is 39.1 Å². The maximum atomic E-state index is 12.7. The first-order chi connectivity index (χ1) is 13.9. The number of methoxy groups -OCH3 is 1. The van der Waals surface area contributed by atoms with Crippen LogP contribution in [0.1, 0.15) is 17.3 Å². The monoisotopic (exact) mass is 413 g/mol. The Balaban J connectivity index is 2.06. The smallest absolute Gasteiger partial charge is 0.325 e. The molecule has 0 aliphatic rings. The second kappa shape index (κ2) is 8.91. The van der Waals surface area contributed by atoms with E-state index in [-0.39, 0.29) is 12.5 Å². The molecule has 3 aromatic rings. The normalized spacial score (nSPS) is 11.5. The van der Waals surface area contributed by atoms with E-state index in [9.17, 15) is 9.59 Å². The van der Waals surface area contributed by atoms with E-state index in [2.05, 4.69) is 4.99 Å². The van der Waals surface area contributed by atoms with Crippen LogP contribution in [0.4, 0.5) is 5.69 Å². The van der Waals surface area contributed by atoms with Crippen molar-refractivity contribution in [2.75, 3.05) is 32.7 Å². The van der Waals surface area contributed by atoms with Gasteiger partial charge in [0, 0.05) is 25.3 Å². The number of hydrogen-bond acceptors (Lipinski definition) is 6. The van der Waals surface area contributed by atoms with Gasteiger partial charge in [-0.25, -0.2) is 0 Å². The van der Waals surface area contributed by atoms with E-state index in [0.717, 1.165) is 21.7 Å². The molecule has 2 aromatic carbocycles. The van der Waals surface area contributed by atoms with Gasteiger partial charge in [0.25, 0.3) is 5.91 Å². The molecule has 152 valence electrons. The van der Waals surface area contributed by atoms with Crippen molar-refractivity contribution in [1.29, 1.82) is 0 Å². The maximum Gasteiger partial charge on any atom is 0.325 e. The SMILES string of the molecule is CCOc1ccc2c(c1)sc(=NC(=O)c1ccc(N(C)C)cc1)n2CC(=O)OC. The molecule has 0 fully saturated rings. The van der Waals surface area contributed by atoms with Crippen molar-refractivity contribution in [3.05, 3.63) is 52.8 Å². The highest BCUT2D eigenvalue weighted by Gasteiger charge is 2.13. The minimum Gasteiger partial charge on any atom is -0.494 e. The van der Waals surface area contributed by atoms with Crippen LogP contribution in [0.3, 0.4) is 0 Å². The molecule has 0 radical (unpaired) electrons. The van der Waals surface area contributed by atoms with Crippen LogP contribution in [-0.4, -0.2) is 44.3 Å². The Morgan fingerprint density at radius 1 is 1.14 bits per heavy atom. The maximum absolute atomic E-state index is 12.7. The first-order valence-corrected chi connectivity index (χ1v) is 9.94. The zero-order valence-corrected chi connectivity index (χ0v) is 17.7. The average Bonchev–Trinajstić information content (AvgIpc) is 3.04. The third kappa shape index (κ3) is 4.65. The minimum absolute atomic E-state index is 0.0316. The van der Waals surface area contributed by atoms with Crippen LogP contribution in [0.2, 0.25) is 0 Å². The summed E-state index contributed by atoms with van der Waals surface area (Å²) < 4.78 is 12.9. The van der Waals surface area contributed by atoms with Crippen molar-refractivity contribution in [1.82, 2.24) is 4.57 Å². The molecule has 0 bridgehead atoms. The number of ether oxygens (including phenoxy) is 2. The van der Waals surface area contributed by atoms with Gasteiger partial charge < -0.3 is 18.9 Å². The number of esters is 1. The first-order valence-electron chi connectivity index (χ1n) is 9.12. The number of fused-ring (bicyclic) bond motifs is 1. The summed E-state index contributed by atoms with van der Waals surface area (Å²) in [5.41, 5.74) is 2.26. The second-order valence-corrected chi connectivity index (χ2v) is 7.48. The minimum atomic E-state index is -0.414. The molecule has 29 heavy (non-hydrogen) atoms. The molecular formula is C21H23N3O4S. The van der Waals surface area contributed by atoms with Gasteiger partial charge in [-0.2, -0.15) is 4.99 Å². The lowest BCUT2D eigenvalue weighted by Gasteiger charge is -2.11. The number of aromatic nitrogens is 1. The predicted molar refractivity (Wildman–Crippen MR) is 114 cm³/mol. The van der Waals surface area contributed by atoms with Crippen molar-refractivity contribution in [3.8, 4) is 5.75 Å². The Labute approximate surface area is 172 Å². The van der Waals surface area contributed by atoms with Gasteiger partial charge in [-0.3, -0.25) is 9.59 Å². The number of anilines is 1. The van der Waals surface area contributed by atoms with Gasteiger partial charge in [-0.05, 0) is 49.4 Å². The number of hydrogen-bond donors (Lipinski definition) is 0. The molecule has 0 saturated heterocycles. The molecule has 0 unspecified atom stereocenters. The van der Waals surface area contributed by atoms with Crippen LogP contribution in [0.15, 0.2) is 47.5 Å². The quantitative estimate of drug-likeness (QED) is 0.581. The van der Waals surface area contributed by atoms with Gasteiger partial charge >= 0.3 is 5.97 Å². The molecule has 8 heteroatoms. The van der Waals surface area contributed by atoms with Crippen molar-refractivity contribution < 1.29 is 19.1 Å². The van der Waals surface area contributed by atoms with Gasteiger partial charge in [0.2, 0.25) is 0 Å². The van der Waals surface area contributed by atoms with Gasteiger partial charge in [0.15, 0.2) is 4.80 Å². The molecule has 0 aliphatic heterocycles. The van der Waals surface area contributed by atoms with Gasteiger partial charge in [-0.1, -0.05) is 11.3 Å². The Bertz CT molecular complexity index is 1100. The highest BCUT2D eigenvalue weighted by atomic mass is 32.1. The summed E-state index contributed by atoms with van der Waals surface area (Å²) in [4.78, 5) is 31.3. The van der Waals surface area contributed by atoms with Crippen LogP contribution >= 0.6 is 11.3 Å². The van der Waals surface area contributed by atoms with E-state index in [4.69, 9.17) is 9.47 Å². The van der Waals surface area contributed by atoms with Gasteiger partial charge in [0.05, 0.1) is 23.9 Å². The zero-order chi connectivity index (χ0) is 21.0. The van der Waals surface area contributed by atoms with E-state index in [1.807, 2.05) is 56.3 Å². The van der Waals surface area contributed by atoms with Crippen molar-refractivity contribution in [2.24, 2.45) is 4.99 Å². The summed E-state index contributed by atoms with van der Waals surface area (Å²) in [7, 11) is 5.20. The summed E-state index contributed by atoms with van der Waals surface area (Å²) >= 11 is 1.33. The largest absolute Gasteiger partial charge is 0.494 e. The highest BCUT2D eigenvalue weighted by molar-refractivity contribution is 7.16. The Morgan fingerprint density at radius 2 is 1.86 bits per heavy atom. The number of thiazole rings is 1. The summed E-state index contributed by atoms with van der Waals surface area (Å²) in [6, 6.07) is 12.8. The molecule has 1 heterocycles. The number of nitrogens with zero attached hydrogens (tertiary/aromatic N) is 3. The fourth-order valence-corrected chi connectivity index (χ4v) is 3.85. The lowest BCUT2D eigenvalue weighted by atomic mass is 10.2. The number of carbonyl (C=O) groups is 2. The first kappa shape index (κ1) is 20.6. The van der Waals surface area contributed by atoms with E-state index in [1.165, 1.54) is 18.4 Å². The highest BCUT2D eigenvalue weighted by Crippen LogP contribution is 2.23. The summed E-state index contributed by atoms with van der Waals surface area (Å²) in [6.07, 6.45) is 0. The van der Waals surface area contributed by atoms with E-state index in [1.54, 1.807) is 16.7 Å². The molecule has 0 aliphatic carbocycles. The Morgan fingerprint density at radius 3 is 2.48 bits per heavy atom. The lowest BCUT2D eigenvalue weighted by molar-refractivity contribution is -0.141. The third-order valence-corrected chi connectivity index (χ3v) is 5.35. The van der Waals surface area contributed by atoms with E-state index >= 15 is 0 Å². The molecule has 7 nitrogen and oxygen atoms in total. The summed E-state index contributed by atoms with van der Waals surface area (Å²) in [6.45, 7) is 2.44. The molecule has 3 rings (SSSR count). The number of amides is 1. The van der Waals surface area contributed by atoms with Crippen LogP contribution in [0.5, 0.6) is 5.75 Å². The molecule has 0 saturated carbocycles. The molecule has 0 atom stereocenters. The molecule has 1 amide bonds.